The maximum absolute atomic E-state index is 12.5. The second-order valence-corrected chi connectivity index (χ2v) is 6.51. The van der Waals surface area contributed by atoms with E-state index in [0.29, 0.717) is 11.1 Å². The summed E-state index contributed by atoms with van der Waals surface area (Å²) in [7, 11) is 0. The Kier molecular flexibility index (Phi) is 3.87. The van der Waals surface area contributed by atoms with Crippen molar-refractivity contribution in [3.63, 3.8) is 0 Å². The first-order valence-electron chi connectivity index (χ1n) is 7.66. The van der Waals surface area contributed by atoms with Gasteiger partial charge in [0.25, 0.3) is 0 Å². The molecule has 0 bridgehead atoms. The van der Waals surface area contributed by atoms with Crippen molar-refractivity contribution in [1.82, 2.24) is 5.32 Å². The van der Waals surface area contributed by atoms with Crippen LogP contribution in [0.5, 0.6) is 0 Å². The summed E-state index contributed by atoms with van der Waals surface area (Å²) < 4.78 is 0. The van der Waals surface area contributed by atoms with Crippen molar-refractivity contribution in [3.8, 4) is 0 Å². The molecule has 0 aromatic heterocycles. The van der Waals surface area contributed by atoms with Crippen LogP contribution in [0, 0.1) is 0 Å². The monoisotopic (exact) mass is 305 g/mol. The molecule has 1 aliphatic heterocycles. The Morgan fingerprint density at radius 2 is 1.87 bits per heavy atom. The first-order valence-corrected chi connectivity index (χ1v) is 7.66. The van der Waals surface area contributed by atoms with Gasteiger partial charge in [0.15, 0.2) is 5.78 Å². The molecule has 3 rings (SSSR count). The molecule has 1 aliphatic rings. The lowest BCUT2D eigenvalue weighted by atomic mass is 9.84. The number of carbonyl (C=O) groups is 2. The van der Waals surface area contributed by atoms with Gasteiger partial charge in [-0.15, -0.1) is 0 Å². The Morgan fingerprint density at radius 3 is 2.57 bits per heavy atom. The normalized spacial score (nSPS) is 17.2. The molecule has 1 heterocycles. The van der Waals surface area contributed by atoms with Gasteiger partial charge < -0.3 is 5.32 Å². The molecule has 0 unspecified atom stereocenters. The lowest BCUT2D eigenvalue weighted by Crippen LogP contribution is -2.43. The van der Waals surface area contributed by atoms with Crippen molar-refractivity contribution < 1.29 is 9.59 Å². The van der Waals surface area contributed by atoms with Crippen LogP contribution in [0.1, 0.15) is 45.7 Å². The Morgan fingerprint density at radius 1 is 1.13 bits per heavy atom. The summed E-state index contributed by atoms with van der Waals surface area (Å²) >= 11 is 0. The van der Waals surface area contributed by atoms with Crippen molar-refractivity contribution in [3.05, 3.63) is 76.9 Å². The third-order valence-electron chi connectivity index (χ3n) is 4.00. The number of nitrogens with one attached hydrogen (secondary N) is 1. The molecule has 0 fully saturated rings. The van der Waals surface area contributed by atoms with E-state index in [1.807, 2.05) is 36.4 Å². The summed E-state index contributed by atoms with van der Waals surface area (Å²) in [5.41, 5.74) is 3.97. The van der Waals surface area contributed by atoms with E-state index in [0.717, 1.165) is 29.5 Å². The predicted molar refractivity (Wildman–Crippen MR) is 91.5 cm³/mol. The highest BCUT2D eigenvalue weighted by Gasteiger charge is 2.28. The zero-order valence-corrected chi connectivity index (χ0v) is 13.3. The molecule has 0 saturated heterocycles. The molecular formula is C20H19NO2. The lowest BCUT2D eigenvalue weighted by Gasteiger charge is -2.35. The van der Waals surface area contributed by atoms with Crippen LogP contribution in [0.3, 0.4) is 0 Å². The van der Waals surface area contributed by atoms with E-state index in [4.69, 9.17) is 0 Å². The van der Waals surface area contributed by atoms with E-state index in [1.165, 1.54) is 0 Å². The van der Waals surface area contributed by atoms with Crippen molar-refractivity contribution in [2.75, 3.05) is 0 Å². The Labute approximate surface area is 136 Å². The first kappa shape index (κ1) is 15.2. The highest BCUT2D eigenvalue weighted by Crippen LogP contribution is 2.30. The number of hydrogen-bond donors (Lipinski definition) is 1. The highest BCUT2D eigenvalue weighted by molar-refractivity contribution is 6.08. The molecule has 0 spiro atoms. The number of carbonyl (C=O) groups excluding carboxylic acids is 2. The Hall–Kier alpha value is -2.68. The van der Waals surface area contributed by atoms with Gasteiger partial charge in [-0.3, -0.25) is 9.59 Å². The van der Waals surface area contributed by atoms with Gasteiger partial charge in [-0.2, -0.15) is 0 Å². The predicted octanol–water partition coefficient (Wildman–Crippen LogP) is 3.65. The summed E-state index contributed by atoms with van der Waals surface area (Å²) in [6.07, 6.45) is 3.30. The number of allylic oxidation sites excluding steroid dienone is 1. The van der Waals surface area contributed by atoms with Crippen molar-refractivity contribution in [1.29, 1.82) is 0 Å². The molecular weight excluding hydrogens is 286 g/mol. The largest absolute Gasteiger partial charge is 0.379 e. The van der Waals surface area contributed by atoms with E-state index >= 15 is 0 Å². The Bertz CT molecular complexity index is 789. The van der Waals surface area contributed by atoms with Gasteiger partial charge in [-0.25, -0.2) is 0 Å². The van der Waals surface area contributed by atoms with Crippen LogP contribution in [-0.2, 0) is 6.42 Å². The van der Waals surface area contributed by atoms with Gasteiger partial charge >= 0.3 is 0 Å². The van der Waals surface area contributed by atoms with Crippen LogP contribution in [-0.4, -0.2) is 17.6 Å². The molecule has 0 atom stereocenters. The van der Waals surface area contributed by atoms with Gasteiger partial charge in [0.2, 0.25) is 0 Å². The molecule has 3 heteroatoms. The maximum atomic E-state index is 12.5. The number of aldehydes is 1. The van der Waals surface area contributed by atoms with Crippen molar-refractivity contribution in [2.45, 2.75) is 25.8 Å². The van der Waals surface area contributed by atoms with Crippen LogP contribution >= 0.6 is 0 Å². The minimum absolute atomic E-state index is 0.0479. The number of fused-ring (bicyclic) bond motifs is 1. The van der Waals surface area contributed by atoms with Gasteiger partial charge in [0, 0.05) is 34.0 Å². The fourth-order valence-electron chi connectivity index (χ4n) is 2.96. The molecule has 0 amide bonds. The topological polar surface area (TPSA) is 46.2 Å². The van der Waals surface area contributed by atoms with E-state index in [9.17, 15) is 9.59 Å². The number of hydrogen-bond acceptors (Lipinski definition) is 3. The molecule has 2 aromatic carbocycles. The van der Waals surface area contributed by atoms with E-state index in [1.54, 1.807) is 18.2 Å². The molecule has 23 heavy (non-hydrogen) atoms. The van der Waals surface area contributed by atoms with Gasteiger partial charge in [-0.1, -0.05) is 42.5 Å². The molecule has 116 valence electrons. The third kappa shape index (κ3) is 3.24. The van der Waals surface area contributed by atoms with Crippen molar-refractivity contribution >= 4 is 17.8 Å². The third-order valence-corrected chi connectivity index (χ3v) is 4.00. The zero-order chi connectivity index (χ0) is 16.4. The highest BCUT2D eigenvalue weighted by atomic mass is 16.1. The molecule has 0 aliphatic carbocycles. The fraction of sp³-hybridized carbons (Fsp3) is 0.200. The minimum atomic E-state index is -0.140. The number of ketones is 1. The van der Waals surface area contributed by atoms with Gasteiger partial charge in [-0.05, 0) is 31.9 Å². The number of benzene rings is 2. The van der Waals surface area contributed by atoms with Crippen LogP contribution in [0.2, 0.25) is 0 Å². The average molecular weight is 305 g/mol. The van der Waals surface area contributed by atoms with Crippen LogP contribution in [0.15, 0.2) is 54.6 Å². The standard InChI is InChI=1S/C20H19NO2/c1-20(2)12-16-9-8-14(13-22)10-17(16)18(21-20)11-19(23)15-6-4-3-5-7-15/h3-11,13,21H,12H2,1-2H3. The van der Waals surface area contributed by atoms with Gasteiger partial charge in [0.1, 0.15) is 6.29 Å². The quantitative estimate of drug-likeness (QED) is 0.535. The molecule has 1 N–H and O–H groups in total. The van der Waals surface area contributed by atoms with Crippen molar-refractivity contribution in [2.24, 2.45) is 0 Å². The van der Waals surface area contributed by atoms with E-state index < -0.39 is 0 Å². The van der Waals surface area contributed by atoms with Gasteiger partial charge in [0.05, 0.1) is 0 Å². The van der Waals surface area contributed by atoms with Crippen LogP contribution < -0.4 is 5.32 Å². The van der Waals surface area contributed by atoms with E-state index in [-0.39, 0.29) is 11.3 Å². The number of rotatable bonds is 3. The smallest absolute Gasteiger partial charge is 0.187 e. The second kappa shape index (κ2) is 5.84. The zero-order valence-electron chi connectivity index (χ0n) is 13.3. The molecule has 0 radical (unpaired) electrons. The molecule has 3 nitrogen and oxygen atoms in total. The SMILES string of the molecule is CC1(C)Cc2ccc(C=O)cc2C(=CC(=O)c2ccccc2)N1. The average Bonchev–Trinajstić information content (AvgIpc) is 2.54. The minimum Gasteiger partial charge on any atom is -0.379 e. The maximum Gasteiger partial charge on any atom is 0.187 e. The summed E-state index contributed by atoms with van der Waals surface area (Å²) in [5.74, 6) is -0.0479. The second-order valence-electron chi connectivity index (χ2n) is 6.51. The Balaban J connectivity index is 2.06. The van der Waals surface area contributed by atoms with Crippen LogP contribution in [0.4, 0.5) is 0 Å². The first-order chi connectivity index (χ1) is 11.0. The summed E-state index contributed by atoms with van der Waals surface area (Å²) in [6, 6.07) is 14.8. The lowest BCUT2D eigenvalue weighted by molar-refractivity contribution is 0.104. The fourth-order valence-corrected chi connectivity index (χ4v) is 2.96. The summed E-state index contributed by atoms with van der Waals surface area (Å²) in [6.45, 7) is 4.20. The molecule has 2 aromatic rings. The summed E-state index contributed by atoms with van der Waals surface area (Å²) in [5, 5.41) is 3.43. The van der Waals surface area contributed by atoms with Crippen LogP contribution in [0.25, 0.3) is 5.70 Å². The van der Waals surface area contributed by atoms with E-state index in [2.05, 4.69) is 19.2 Å². The molecule has 0 saturated carbocycles. The summed E-state index contributed by atoms with van der Waals surface area (Å²) in [4.78, 5) is 23.6.